The number of hydrogen-bond acceptors (Lipinski definition) is 0. The van der Waals surface area contributed by atoms with Gasteiger partial charge < -0.3 is 0 Å². The van der Waals surface area contributed by atoms with Crippen molar-refractivity contribution in [2.24, 2.45) is 0 Å². The fraction of sp³-hybridized carbons (Fsp3) is 0.297. The molecular weight excluding hydrogens is 463 g/mol. The largest absolute Gasteiger partial charge is 0.206 e. The van der Waals surface area contributed by atoms with Crippen LogP contribution in [-0.4, -0.2) is 0 Å². The van der Waals surface area contributed by atoms with Gasteiger partial charge in [-0.25, -0.2) is 4.39 Å². The molecule has 0 radical (unpaired) electrons. The average Bonchev–Trinajstić information content (AvgIpc) is 2.95. The summed E-state index contributed by atoms with van der Waals surface area (Å²) in [6.07, 6.45) is 14.2. The van der Waals surface area contributed by atoms with Crippen molar-refractivity contribution in [2.75, 3.05) is 0 Å². The minimum atomic E-state index is -0.111. The summed E-state index contributed by atoms with van der Waals surface area (Å²) in [5.74, 6) is 6.41. The van der Waals surface area contributed by atoms with Gasteiger partial charge in [-0.05, 0) is 97.4 Å². The van der Waals surface area contributed by atoms with E-state index in [9.17, 15) is 4.39 Å². The molecule has 0 aliphatic rings. The lowest BCUT2D eigenvalue weighted by molar-refractivity contribution is 0.621. The summed E-state index contributed by atoms with van der Waals surface area (Å²) >= 11 is 0. The molecule has 194 valence electrons. The smallest absolute Gasteiger partial charge is 0.134 e. The lowest BCUT2D eigenvalue weighted by atomic mass is 10.00. The van der Waals surface area contributed by atoms with Crippen LogP contribution < -0.4 is 0 Å². The molecule has 0 unspecified atom stereocenters. The molecule has 0 fully saturated rings. The Labute approximate surface area is 228 Å². The normalized spacial score (nSPS) is 11.1. The van der Waals surface area contributed by atoms with Crippen LogP contribution in [-0.2, 0) is 25.7 Å². The van der Waals surface area contributed by atoms with E-state index in [4.69, 9.17) is 0 Å². The molecule has 4 aromatic carbocycles. The molecular formula is C37H39F. The molecule has 0 aliphatic heterocycles. The van der Waals surface area contributed by atoms with Crippen molar-refractivity contribution in [2.45, 2.75) is 71.6 Å². The van der Waals surface area contributed by atoms with E-state index in [1.165, 1.54) is 48.8 Å². The number of halogens is 1. The number of unbranched alkanes of at least 4 members (excludes halogenated alkanes) is 3. The maximum Gasteiger partial charge on any atom is 0.134 e. The quantitative estimate of drug-likeness (QED) is 0.109. The van der Waals surface area contributed by atoms with E-state index >= 15 is 0 Å². The van der Waals surface area contributed by atoms with Gasteiger partial charge in [0, 0.05) is 16.5 Å². The molecule has 0 N–H and O–H groups in total. The maximum absolute atomic E-state index is 14.9. The van der Waals surface area contributed by atoms with Gasteiger partial charge in [0.25, 0.3) is 0 Å². The highest BCUT2D eigenvalue weighted by atomic mass is 19.1. The topological polar surface area (TPSA) is 0 Å². The second-order valence-corrected chi connectivity index (χ2v) is 10.2. The zero-order valence-corrected chi connectivity index (χ0v) is 22.9. The van der Waals surface area contributed by atoms with Gasteiger partial charge in [0.05, 0.1) is 0 Å². The van der Waals surface area contributed by atoms with Crippen LogP contribution in [0.4, 0.5) is 4.39 Å². The Bertz CT molecular complexity index is 1400. The molecule has 0 atom stereocenters. The number of allylic oxidation sites excluding steroid dienone is 2. The number of fused-ring (bicyclic) bond motifs is 1. The summed E-state index contributed by atoms with van der Waals surface area (Å²) < 4.78 is 14.9. The van der Waals surface area contributed by atoms with E-state index in [0.717, 1.165) is 47.8 Å². The minimum Gasteiger partial charge on any atom is -0.206 e. The third-order valence-corrected chi connectivity index (χ3v) is 7.20. The molecule has 0 aliphatic carbocycles. The van der Waals surface area contributed by atoms with Gasteiger partial charge in [0.2, 0.25) is 0 Å². The molecule has 38 heavy (non-hydrogen) atoms. The highest BCUT2D eigenvalue weighted by Crippen LogP contribution is 2.23. The summed E-state index contributed by atoms with van der Waals surface area (Å²) in [5, 5.41) is 1.56. The van der Waals surface area contributed by atoms with Gasteiger partial charge in [-0.3, -0.25) is 0 Å². The molecule has 0 nitrogen and oxygen atoms in total. The van der Waals surface area contributed by atoms with Gasteiger partial charge >= 0.3 is 0 Å². The highest BCUT2D eigenvalue weighted by molar-refractivity contribution is 5.85. The predicted molar refractivity (Wildman–Crippen MR) is 161 cm³/mol. The van der Waals surface area contributed by atoms with Crippen LogP contribution in [0.3, 0.4) is 0 Å². The molecule has 0 aromatic heterocycles. The maximum atomic E-state index is 14.9. The fourth-order valence-electron chi connectivity index (χ4n) is 4.83. The lowest BCUT2D eigenvalue weighted by Crippen LogP contribution is -1.93. The Morgan fingerprint density at radius 3 is 1.97 bits per heavy atom. The SMILES string of the molecule is C/C=C/CCc1ccc2cc(C#Cc3ccc(CCc4ccc(CCCCCC)cc4)cc3)ccc2c1F. The van der Waals surface area contributed by atoms with Crippen molar-refractivity contribution in [1.82, 2.24) is 0 Å². The standard InChI is InChI=1S/C37H39F/c1-3-5-7-9-10-29-12-14-30(15-13-29)16-17-31-18-20-32(21-19-31)22-23-33-24-27-36-35(28-33)26-25-34(37(36)38)11-8-6-4-2/h4,6,12-15,18-21,24-28H,3,5,7-11,16-17H2,1-2H3/b6-4+. The zero-order valence-electron chi connectivity index (χ0n) is 22.9. The molecule has 0 bridgehead atoms. The average molecular weight is 503 g/mol. The Morgan fingerprint density at radius 1 is 0.658 bits per heavy atom. The van der Waals surface area contributed by atoms with Gasteiger partial charge in [-0.15, -0.1) is 0 Å². The second kappa shape index (κ2) is 14.3. The highest BCUT2D eigenvalue weighted by Gasteiger charge is 2.07. The van der Waals surface area contributed by atoms with Crippen LogP contribution in [0.1, 0.15) is 79.3 Å². The molecule has 1 heteroatoms. The minimum absolute atomic E-state index is 0.111. The Balaban J connectivity index is 1.32. The zero-order chi connectivity index (χ0) is 26.6. The van der Waals surface area contributed by atoms with Crippen molar-refractivity contribution in [3.05, 3.63) is 130 Å². The molecule has 0 spiro atoms. The summed E-state index contributed by atoms with van der Waals surface area (Å²) in [4.78, 5) is 0. The van der Waals surface area contributed by atoms with E-state index in [1.807, 2.05) is 43.3 Å². The predicted octanol–water partition coefficient (Wildman–Crippen LogP) is 9.80. The first-order valence-corrected chi connectivity index (χ1v) is 14.2. The van der Waals surface area contributed by atoms with Gasteiger partial charge in [0.1, 0.15) is 5.82 Å². The van der Waals surface area contributed by atoms with Crippen LogP contribution >= 0.6 is 0 Å². The molecule has 0 amide bonds. The molecule has 0 heterocycles. The van der Waals surface area contributed by atoms with Crippen LogP contribution in [0, 0.1) is 17.7 Å². The summed E-state index contributed by atoms with van der Waals surface area (Å²) in [6, 6.07) is 27.4. The van der Waals surface area contributed by atoms with Crippen molar-refractivity contribution >= 4 is 10.8 Å². The number of hydrogen-bond donors (Lipinski definition) is 0. The summed E-state index contributed by atoms with van der Waals surface area (Å²) in [5.41, 5.74) is 6.83. The van der Waals surface area contributed by atoms with Crippen molar-refractivity contribution in [3.63, 3.8) is 0 Å². The third kappa shape index (κ3) is 7.93. The van der Waals surface area contributed by atoms with E-state index < -0.39 is 0 Å². The first-order valence-electron chi connectivity index (χ1n) is 14.2. The number of aryl methyl sites for hydroxylation is 4. The lowest BCUT2D eigenvalue weighted by Gasteiger charge is -2.06. The van der Waals surface area contributed by atoms with E-state index in [2.05, 4.69) is 73.4 Å². The second-order valence-electron chi connectivity index (χ2n) is 10.2. The Hall–Kier alpha value is -3.63. The molecule has 4 rings (SSSR count). The van der Waals surface area contributed by atoms with E-state index in [1.54, 1.807) is 0 Å². The molecule has 0 saturated heterocycles. The summed E-state index contributed by atoms with van der Waals surface area (Å²) in [7, 11) is 0. The van der Waals surface area contributed by atoms with Crippen LogP contribution in [0.5, 0.6) is 0 Å². The third-order valence-electron chi connectivity index (χ3n) is 7.20. The molecule has 0 saturated carbocycles. The van der Waals surface area contributed by atoms with Gasteiger partial charge in [0.15, 0.2) is 0 Å². The van der Waals surface area contributed by atoms with Crippen LogP contribution in [0.25, 0.3) is 10.8 Å². The van der Waals surface area contributed by atoms with Gasteiger partial charge in [-0.1, -0.05) is 105 Å². The van der Waals surface area contributed by atoms with Crippen molar-refractivity contribution in [3.8, 4) is 11.8 Å². The van der Waals surface area contributed by atoms with Crippen molar-refractivity contribution in [1.29, 1.82) is 0 Å². The van der Waals surface area contributed by atoms with Crippen LogP contribution in [0.2, 0.25) is 0 Å². The Morgan fingerprint density at radius 2 is 1.29 bits per heavy atom. The monoisotopic (exact) mass is 502 g/mol. The molecule has 4 aromatic rings. The van der Waals surface area contributed by atoms with E-state index in [0.29, 0.717) is 5.39 Å². The fourth-order valence-corrected chi connectivity index (χ4v) is 4.83. The van der Waals surface area contributed by atoms with Crippen LogP contribution in [0.15, 0.2) is 91.0 Å². The number of rotatable bonds is 11. The van der Waals surface area contributed by atoms with E-state index in [-0.39, 0.29) is 5.82 Å². The van der Waals surface area contributed by atoms with Gasteiger partial charge in [-0.2, -0.15) is 0 Å². The van der Waals surface area contributed by atoms with Crippen molar-refractivity contribution < 1.29 is 4.39 Å². The Kier molecular flexibility index (Phi) is 10.3. The summed E-state index contributed by atoms with van der Waals surface area (Å²) in [6.45, 7) is 4.25. The first kappa shape index (κ1) is 27.4. The first-order chi connectivity index (χ1) is 18.7. The number of benzene rings is 4.